The number of azide groups is 1. The number of rotatable bonds is 9. The van der Waals surface area contributed by atoms with E-state index >= 15 is 0 Å². The van der Waals surface area contributed by atoms with E-state index < -0.39 is 18.6 Å². The summed E-state index contributed by atoms with van der Waals surface area (Å²) >= 11 is 0. The molecule has 0 unspecified atom stereocenters. The van der Waals surface area contributed by atoms with Gasteiger partial charge in [-0.2, -0.15) is 0 Å². The largest absolute Gasteiger partial charge is 0.391 e. The third-order valence-electron chi connectivity index (χ3n) is 2.98. The van der Waals surface area contributed by atoms with Gasteiger partial charge in [0.05, 0.1) is 4.90 Å². The van der Waals surface area contributed by atoms with Gasteiger partial charge in [0, 0.05) is 22.6 Å². The van der Waals surface area contributed by atoms with Crippen molar-refractivity contribution in [1.29, 1.82) is 0 Å². The van der Waals surface area contributed by atoms with Crippen LogP contribution in [0.1, 0.15) is 26.7 Å². The van der Waals surface area contributed by atoms with E-state index in [-0.39, 0.29) is 4.90 Å². The van der Waals surface area contributed by atoms with Crippen LogP contribution in [-0.2, 0) is 18.9 Å². The summed E-state index contributed by atoms with van der Waals surface area (Å²) in [5.41, 5.74) is 8.29. The molecular formula is C13H21N3O4SSi. The van der Waals surface area contributed by atoms with E-state index in [1.807, 2.05) is 20.4 Å². The Morgan fingerprint density at radius 1 is 1.14 bits per heavy atom. The second-order valence-corrected chi connectivity index (χ2v) is 9.44. The molecule has 0 aliphatic carbocycles. The van der Waals surface area contributed by atoms with Gasteiger partial charge in [0.2, 0.25) is 0 Å². The van der Waals surface area contributed by atoms with Gasteiger partial charge in [-0.1, -0.05) is 26.0 Å². The minimum absolute atomic E-state index is 0.0450. The maximum absolute atomic E-state index is 11.7. The van der Waals surface area contributed by atoms with Crippen LogP contribution in [0.5, 0.6) is 0 Å². The number of hydrogen-bond acceptors (Lipinski definition) is 4. The fourth-order valence-electron chi connectivity index (χ4n) is 1.83. The highest BCUT2D eigenvalue weighted by molar-refractivity contribution is 7.90. The molecular weight excluding hydrogens is 322 g/mol. The van der Waals surface area contributed by atoms with E-state index in [2.05, 4.69) is 9.43 Å². The molecule has 1 aromatic rings. The summed E-state index contributed by atoms with van der Waals surface area (Å²) in [6.07, 6.45) is 1.75. The van der Waals surface area contributed by atoms with Crippen molar-refractivity contribution in [3.63, 3.8) is 0 Å². The lowest BCUT2D eigenvalue weighted by Crippen LogP contribution is -2.51. The molecule has 0 bridgehead atoms. The monoisotopic (exact) mass is 343 g/mol. The van der Waals surface area contributed by atoms with E-state index in [9.17, 15) is 8.42 Å². The summed E-state index contributed by atoms with van der Waals surface area (Å²) in [6.45, 7) is 7.15. The molecule has 22 heavy (non-hydrogen) atoms. The maximum Gasteiger partial charge on any atom is 0.369 e. The molecule has 0 aliphatic rings. The lowest BCUT2D eigenvalue weighted by atomic mass is 10.4. The van der Waals surface area contributed by atoms with Crippen molar-refractivity contribution >= 4 is 23.8 Å². The van der Waals surface area contributed by atoms with Crippen LogP contribution >= 0.6 is 0 Å². The topological polar surface area (TPSA) is 101 Å². The minimum Gasteiger partial charge on any atom is -0.391 e. The van der Waals surface area contributed by atoms with Gasteiger partial charge in [0.15, 0.2) is 0 Å². The summed E-state index contributed by atoms with van der Waals surface area (Å²) in [4.78, 5) is 2.29. The Morgan fingerprint density at radius 2 is 1.64 bits per heavy atom. The SMILES string of the molecule is CCCO[Si](C)(OCCC)c1ccc(S(=O)(=O)N=[N+]=[N-])cc1. The maximum atomic E-state index is 11.7. The second-order valence-electron chi connectivity index (χ2n) is 4.81. The first-order chi connectivity index (χ1) is 10.4. The molecule has 0 fully saturated rings. The van der Waals surface area contributed by atoms with E-state index in [1.165, 1.54) is 12.1 Å². The molecule has 9 heteroatoms. The van der Waals surface area contributed by atoms with Crippen molar-refractivity contribution in [2.75, 3.05) is 13.2 Å². The molecule has 0 saturated carbocycles. The molecule has 1 rings (SSSR count). The van der Waals surface area contributed by atoms with Gasteiger partial charge in [0.1, 0.15) is 0 Å². The van der Waals surface area contributed by atoms with Crippen LogP contribution in [0.2, 0.25) is 6.55 Å². The third kappa shape index (κ3) is 4.82. The van der Waals surface area contributed by atoms with Gasteiger partial charge in [-0.25, -0.2) is 8.42 Å². The van der Waals surface area contributed by atoms with Crippen LogP contribution in [0, 0.1) is 0 Å². The van der Waals surface area contributed by atoms with Crippen molar-refractivity contribution in [3.05, 3.63) is 34.7 Å². The second kappa shape index (κ2) is 8.30. The van der Waals surface area contributed by atoms with Gasteiger partial charge in [-0.05, 0) is 42.2 Å². The highest BCUT2D eigenvalue weighted by atomic mass is 32.2. The zero-order valence-corrected chi connectivity index (χ0v) is 14.8. The van der Waals surface area contributed by atoms with E-state index in [1.54, 1.807) is 12.1 Å². The quantitative estimate of drug-likeness (QED) is 0.298. The first kappa shape index (κ1) is 18.7. The Bertz CT molecular complexity index is 619. The standard InChI is InChI=1S/C13H21N3O4SSi/c1-4-10-19-22(3,20-11-5-2)13-8-6-12(7-9-13)21(17,18)16-15-14/h6-9H,4-5,10-11H2,1-3H3. The molecule has 1 aromatic carbocycles. The van der Waals surface area contributed by atoms with E-state index in [0.717, 1.165) is 18.0 Å². The summed E-state index contributed by atoms with van der Waals surface area (Å²) in [7, 11) is -6.53. The molecule has 0 radical (unpaired) electrons. The van der Waals surface area contributed by atoms with Crippen molar-refractivity contribution in [1.82, 2.24) is 0 Å². The Kier molecular flexibility index (Phi) is 7.04. The molecule has 0 atom stereocenters. The minimum atomic E-state index is -3.96. The average molecular weight is 343 g/mol. The highest BCUT2D eigenvalue weighted by Gasteiger charge is 2.34. The molecule has 0 aliphatic heterocycles. The normalized spacial score (nSPS) is 12.0. The zero-order valence-electron chi connectivity index (χ0n) is 13.0. The first-order valence-electron chi connectivity index (χ1n) is 7.09. The number of nitrogens with zero attached hydrogens (tertiary/aromatic N) is 3. The molecule has 122 valence electrons. The fourth-order valence-corrected chi connectivity index (χ4v) is 4.87. The van der Waals surface area contributed by atoms with Crippen molar-refractivity contribution in [3.8, 4) is 0 Å². The molecule has 0 aromatic heterocycles. The molecule has 0 spiro atoms. The Labute approximate surface area is 132 Å². The van der Waals surface area contributed by atoms with Crippen molar-refractivity contribution < 1.29 is 17.3 Å². The predicted octanol–water partition coefficient (Wildman–Crippen LogP) is 2.82. The molecule has 0 heterocycles. The van der Waals surface area contributed by atoms with Gasteiger partial charge in [0.25, 0.3) is 10.0 Å². The van der Waals surface area contributed by atoms with Gasteiger partial charge in [-0.3, -0.25) is 0 Å². The summed E-state index contributed by atoms with van der Waals surface area (Å²) in [5.74, 6) is 0. The number of sulfonamides is 1. The van der Waals surface area contributed by atoms with Gasteiger partial charge < -0.3 is 8.85 Å². The van der Waals surface area contributed by atoms with Gasteiger partial charge in [-0.15, -0.1) is 0 Å². The molecule has 7 nitrogen and oxygen atoms in total. The Balaban J connectivity index is 3.09. The number of benzene rings is 1. The highest BCUT2D eigenvalue weighted by Crippen LogP contribution is 2.14. The molecule has 0 amide bonds. The van der Waals surface area contributed by atoms with E-state index in [0.29, 0.717) is 13.2 Å². The predicted molar refractivity (Wildman–Crippen MR) is 86.5 cm³/mol. The average Bonchev–Trinajstić information content (AvgIpc) is 2.51. The molecule has 0 N–H and O–H groups in total. The van der Waals surface area contributed by atoms with Crippen molar-refractivity contribution in [2.45, 2.75) is 38.1 Å². The van der Waals surface area contributed by atoms with Gasteiger partial charge >= 0.3 is 8.56 Å². The third-order valence-corrected chi connectivity index (χ3v) is 7.03. The Morgan fingerprint density at radius 3 is 2.05 bits per heavy atom. The van der Waals surface area contributed by atoms with Crippen LogP contribution in [0.3, 0.4) is 0 Å². The molecule has 0 saturated heterocycles. The summed E-state index contributed by atoms with van der Waals surface area (Å²) < 4.78 is 38.0. The van der Waals surface area contributed by atoms with Crippen LogP contribution in [0.25, 0.3) is 10.4 Å². The zero-order chi connectivity index (χ0) is 16.6. The van der Waals surface area contributed by atoms with Crippen LogP contribution in [-0.4, -0.2) is 30.2 Å². The summed E-state index contributed by atoms with van der Waals surface area (Å²) in [6, 6.07) is 6.15. The van der Waals surface area contributed by atoms with Crippen LogP contribution in [0.15, 0.2) is 33.7 Å². The lowest BCUT2D eigenvalue weighted by molar-refractivity contribution is 0.185. The van der Waals surface area contributed by atoms with Crippen LogP contribution < -0.4 is 5.19 Å². The Hall–Kier alpha value is -1.38. The van der Waals surface area contributed by atoms with Crippen LogP contribution in [0.4, 0.5) is 0 Å². The summed E-state index contributed by atoms with van der Waals surface area (Å²) in [5, 5.41) is 0.842. The fraction of sp³-hybridized carbons (Fsp3) is 0.538. The van der Waals surface area contributed by atoms with Crippen molar-refractivity contribution in [2.24, 2.45) is 4.52 Å². The van der Waals surface area contributed by atoms with E-state index in [4.69, 9.17) is 14.4 Å². The smallest absolute Gasteiger partial charge is 0.369 e. The number of hydrogen-bond donors (Lipinski definition) is 0. The lowest BCUT2D eigenvalue weighted by Gasteiger charge is -2.27. The first-order valence-corrected chi connectivity index (χ1v) is 10.8.